The molecule has 0 saturated heterocycles. The van der Waals surface area contributed by atoms with Crippen LogP contribution in [-0.4, -0.2) is 16.6 Å². The Morgan fingerprint density at radius 1 is 1.04 bits per heavy atom. The van der Waals surface area contributed by atoms with Crippen molar-refractivity contribution >= 4 is 38.3 Å². The van der Waals surface area contributed by atoms with Crippen LogP contribution in [0.4, 0.5) is 0 Å². The van der Waals surface area contributed by atoms with Crippen molar-refractivity contribution in [2.24, 2.45) is 5.10 Å². The molecule has 3 aromatic rings. The maximum atomic E-state index is 12.1. The fourth-order valence-corrected chi connectivity index (χ4v) is 2.58. The predicted molar refractivity (Wildman–Crippen MR) is 95.6 cm³/mol. The van der Waals surface area contributed by atoms with Crippen molar-refractivity contribution in [1.29, 1.82) is 0 Å². The van der Waals surface area contributed by atoms with E-state index in [4.69, 9.17) is 0 Å². The normalized spacial score (nSPS) is 11.5. The SMILES string of the molecule is C/C(=N\NC(=O)c1cncc(Br)c1)c1ccc2ccccc2c1. The maximum absolute atomic E-state index is 12.1. The van der Waals surface area contributed by atoms with E-state index in [2.05, 4.69) is 49.6 Å². The molecule has 0 radical (unpaired) electrons. The zero-order chi connectivity index (χ0) is 16.2. The smallest absolute Gasteiger partial charge is 0.267 e. The van der Waals surface area contributed by atoms with Crippen molar-refractivity contribution in [1.82, 2.24) is 10.4 Å². The molecule has 0 fully saturated rings. The van der Waals surface area contributed by atoms with Crippen LogP contribution in [0.2, 0.25) is 0 Å². The van der Waals surface area contributed by atoms with Gasteiger partial charge in [-0.25, -0.2) is 5.43 Å². The first kappa shape index (κ1) is 15.4. The quantitative estimate of drug-likeness (QED) is 0.558. The van der Waals surface area contributed by atoms with E-state index in [9.17, 15) is 4.79 Å². The third-order valence-electron chi connectivity index (χ3n) is 3.46. The molecule has 4 nitrogen and oxygen atoms in total. The van der Waals surface area contributed by atoms with Gasteiger partial charge >= 0.3 is 0 Å². The first-order chi connectivity index (χ1) is 11.1. The van der Waals surface area contributed by atoms with Crippen LogP contribution in [-0.2, 0) is 0 Å². The van der Waals surface area contributed by atoms with Crippen molar-refractivity contribution in [3.05, 3.63) is 76.5 Å². The molecule has 0 bridgehead atoms. The number of hydrogen-bond donors (Lipinski definition) is 1. The Kier molecular flexibility index (Phi) is 4.48. The molecular formula is C18H14BrN3O. The van der Waals surface area contributed by atoms with Crippen LogP contribution in [0.25, 0.3) is 10.8 Å². The van der Waals surface area contributed by atoms with Crippen LogP contribution in [0.5, 0.6) is 0 Å². The summed E-state index contributed by atoms with van der Waals surface area (Å²) in [5, 5.41) is 6.50. The third kappa shape index (κ3) is 3.63. The average Bonchev–Trinajstić information content (AvgIpc) is 2.59. The van der Waals surface area contributed by atoms with Crippen molar-refractivity contribution in [3.63, 3.8) is 0 Å². The fourth-order valence-electron chi connectivity index (χ4n) is 2.21. The maximum Gasteiger partial charge on any atom is 0.272 e. The topological polar surface area (TPSA) is 54.4 Å². The number of amides is 1. The lowest BCUT2D eigenvalue weighted by atomic mass is 10.0. The van der Waals surface area contributed by atoms with Crippen molar-refractivity contribution in [2.45, 2.75) is 6.92 Å². The number of halogens is 1. The molecule has 1 aromatic heterocycles. The number of benzene rings is 2. The molecule has 2 aromatic carbocycles. The summed E-state index contributed by atoms with van der Waals surface area (Å²) in [5.41, 5.74) is 4.73. The molecule has 0 unspecified atom stereocenters. The van der Waals surface area contributed by atoms with E-state index in [1.165, 1.54) is 11.6 Å². The standard InChI is InChI=1S/C18H14BrN3O/c1-12(14-7-6-13-4-2-3-5-15(13)8-14)21-22-18(23)16-9-17(19)11-20-10-16/h2-11H,1H3,(H,22,23)/b21-12+. The summed E-state index contributed by atoms with van der Waals surface area (Å²) in [4.78, 5) is 16.0. The zero-order valence-corrected chi connectivity index (χ0v) is 14.0. The van der Waals surface area contributed by atoms with E-state index in [1.54, 1.807) is 12.3 Å². The summed E-state index contributed by atoms with van der Waals surface area (Å²) in [6, 6.07) is 15.9. The number of hydrogen-bond acceptors (Lipinski definition) is 3. The number of nitrogens with zero attached hydrogens (tertiary/aromatic N) is 2. The largest absolute Gasteiger partial charge is 0.272 e. The van der Waals surface area contributed by atoms with Gasteiger partial charge in [0, 0.05) is 16.9 Å². The zero-order valence-electron chi connectivity index (χ0n) is 12.5. The van der Waals surface area contributed by atoms with E-state index in [0.29, 0.717) is 5.56 Å². The molecule has 1 amide bonds. The number of nitrogens with one attached hydrogen (secondary N) is 1. The van der Waals surface area contributed by atoms with Gasteiger partial charge in [-0.3, -0.25) is 9.78 Å². The van der Waals surface area contributed by atoms with Crippen molar-refractivity contribution in [2.75, 3.05) is 0 Å². The third-order valence-corrected chi connectivity index (χ3v) is 3.89. The first-order valence-corrected chi connectivity index (χ1v) is 7.87. The first-order valence-electron chi connectivity index (χ1n) is 7.08. The lowest BCUT2D eigenvalue weighted by Crippen LogP contribution is -2.19. The van der Waals surface area contributed by atoms with Crippen molar-refractivity contribution in [3.8, 4) is 0 Å². The Balaban J connectivity index is 1.79. The number of carbonyl (C=O) groups excluding carboxylic acids is 1. The minimum absolute atomic E-state index is 0.293. The highest BCUT2D eigenvalue weighted by Gasteiger charge is 2.06. The van der Waals surface area contributed by atoms with Crippen LogP contribution in [0.3, 0.4) is 0 Å². The summed E-state index contributed by atoms with van der Waals surface area (Å²) in [5.74, 6) is -0.293. The molecule has 0 aliphatic rings. The van der Waals surface area contributed by atoms with E-state index in [1.807, 2.05) is 31.2 Å². The van der Waals surface area contributed by atoms with E-state index in [0.717, 1.165) is 21.1 Å². The van der Waals surface area contributed by atoms with Crippen LogP contribution in [0.1, 0.15) is 22.8 Å². The van der Waals surface area contributed by atoms with Gasteiger partial charge in [0.1, 0.15) is 0 Å². The average molecular weight is 368 g/mol. The number of carbonyl (C=O) groups is 1. The Morgan fingerprint density at radius 2 is 1.83 bits per heavy atom. The van der Waals surface area contributed by atoms with Crippen molar-refractivity contribution < 1.29 is 4.79 Å². The molecular weight excluding hydrogens is 354 g/mol. The highest BCUT2D eigenvalue weighted by atomic mass is 79.9. The molecule has 3 rings (SSSR count). The Hall–Kier alpha value is -2.53. The van der Waals surface area contributed by atoms with Gasteiger partial charge in [-0.1, -0.05) is 36.4 Å². The van der Waals surface area contributed by atoms with Gasteiger partial charge in [0.15, 0.2) is 0 Å². The van der Waals surface area contributed by atoms with Gasteiger partial charge in [-0.15, -0.1) is 0 Å². The lowest BCUT2D eigenvalue weighted by molar-refractivity contribution is 0.0954. The monoisotopic (exact) mass is 367 g/mol. The number of fused-ring (bicyclic) bond motifs is 1. The second-order valence-corrected chi connectivity index (χ2v) is 6.01. The van der Waals surface area contributed by atoms with E-state index >= 15 is 0 Å². The summed E-state index contributed by atoms with van der Waals surface area (Å²) < 4.78 is 0.750. The summed E-state index contributed by atoms with van der Waals surface area (Å²) in [6.45, 7) is 1.86. The summed E-state index contributed by atoms with van der Waals surface area (Å²) in [6.07, 6.45) is 3.13. The Morgan fingerprint density at radius 3 is 2.61 bits per heavy atom. The molecule has 0 aliphatic carbocycles. The van der Waals surface area contributed by atoms with Crippen LogP contribution < -0.4 is 5.43 Å². The minimum Gasteiger partial charge on any atom is -0.267 e. The molecule has 5 heteroatoms. The highest BCUT2D eigenvalue weighted by molar-refractivity contribution is 9.10. The fraction of sp³-hybridized carbons (Fsp3) is 0.0556. The molecule has 0 saturated carbocycles. The van der Waals surface area contributed by atoms with E-state index < -0.39 is 0 Å². The molecule has 0 atom stereocenters. The molecule has 114 valence electrons. The lowest BCUT2D eigenvalue weighted by Gasteiger charge is -2.05. The van der Waals surface area contributed by atoms with Gasteiger partial charge in [-0.05, 0) is 51.3 Å². The second kappa shape index (κ2) is 6.71. The predicted octanol–water partition coefficient (Wildman–Crippen LogP) is 4.15. The number of pyridine rings is 1. The molecule has 1 heterocycles. The summed E-state index contributed by atoms with van der Waals surface area (Å²) in [7, 11) is 0. The van der Waals surface area contributed by atoms with Gasteiger partial charge in [0.05, 0.1) is 11.3 Å². The van der Waals surface area contributed by atoms with Crippen LogP contribution >= 0.6 is 15.9 Å². The van der Waals surface area contributed by atoms with Crippen LogP contribution in [0, 0.1) is 0 Å². The van der Waals surface area contributed by atoms with Gasteiger partial charge in [-0.2, -0.15) is 5.10 Å². The molecule has 0 spiro atoms. The van der Waals surface area contributed by atoms with E-state index in [-0.39, 0.29) is 5.91 Å². The van der Waals surface area contributed by atoms with Crippen LogP contribution in [0.15, 0.2) is 70.5 Å². The Bertz CT molecular complexity index is 905. The number of hydrazone groups is 1. The minimum atomic E-state index is -0.293. The summed E-state index contributed by atoms with van der Waals surface area (Å²) >= 11 is 3.29. The Labute approximate surface area is 142 Å². The van der Waals surface area contributed by atoms with Gasteiger partial charge in [0.2, 0.25) is 0 Å². The second-order valence-electron chi connectivity index (χ2n) is 5.09. The molecule has 1 N–H and O–H groups in total. The van der Waals surface area contributed by atoms with Gasteiger partial charge < -0.3 is 0 Å². The highest BCUT2D eigenvalue weighted by Crippen LogP contribution is 2.16. The molecule has 0 aliphatic heterocycles. The number of rotatable bonds is 3. The number of aromatic nitrogens is 1. The van der Waals surface area contributed by atoms with Gasteiger partial charge in [0.25, 0.3) is 5.91 Å². The molecule has 23 heavy (non-hydrogen) atoms.